The highest BCUT2D eigenvalue weighted by molar-refractivity contribution is 5.44. The Morgan fingerprint density at radius 2 is 1.50 bits per heavy atom. The monoisotopic (exact) mass is 316 g/mol. The zero-order valence-corrected chi connectivity index (χ0v) is 14.5. The van der Waals surface area contributed by atoms with E-state index in [1.54, 1.807) is 0 Å². The van der Waals surface area contributed by atoms with Gasteiger partial charge in [-0.25, -0.2) is 0 Å². The van der Waals surface area contributed by atoms with Crippen LogP contribution in [0.25, 0.3) is 0 Å². The van der Waals surface area contributed by atoms with Crippen LogP contribution >= 0.6 is 0 Å². The summed E-state index contributed by atoms with van der Waals surface area (Å²) in [7, 11) is 0. The van der Waals surface area contributed by atoms with Crippen LogP contribution in [0.15, 0.2) is 30.3 Å². The number of aryl methyl sites for hydroxylation is 1. The third kappa shape index (κ3) is 42.8. The van der Waals surface area contributed by atoms with Gasteiger partial charge in [0.1, 0.15) is 13.1 Å². The molecule has 0 saturated carbocycles. The van der Waals surface area contributed by atoms with E-state index in [4.69, 9.17) is 14.7 Å². The lowest BCUT2D eigenvalue weighted by Crippen LogP contribution is -1.78. The van der Waals surface area contributed by atoms with E-state index in [0.29, 0.717) is 6.61 Å². The molecule has 0 spiro atoms. The van der Waals surface area contributed by atoms with Crippen LogP contribution in [0.5, 0.6) is 0 Å². The molecule has 1 aromatic rings. The molecule has 3 nitrogen and oxygen atoms in total. The first-order chi connectivity index (χ1) is 10.3. The summed E-state index contributed by atoms with van der Waals surface area (Å²) < 4.78 is 0. The minimum absolute atomic E-state index is 0. The molecular weight excluding hydrogens is 276 g/mol. The molecule has 0 bridgehead atoms. The fraction of sp³-hybridized carbons (Fsp3) is 0.579. The topological polar surface area (TPSA) is 54.4 Å². The van der Waals surface area contributed by atoms with Gasteiger partial charge in [-0.2, -0.15) is 0 Å². The van der Waals surface area contributed by atoms with Gasteiger partial charge in [-0.3, -0.25) is 0 Å². The Morgan fingerprint density at radius 1 is 1.09 bits per heavy atom. The van der Waals surface area contributed by atoms with Gasteiger partial charge >= 0.3 is 0 Å². The van der Waals surface area contributed by atoms with Crippen molar-refractivity contribution >= 4 is 13.1 Å². The van der Waals surface area contributed by atoms with E-state index in [9.17, 15) is 0 Å². The molecule has 0 aliphatic heterocycles. The first-order valence-electron chi connectivity index (χ1n) is 7.60. The van der Waals surface area contributed by atoms with E-state index in [2.05, 4.69) is 44.2 Å². The minimum atomic E-state index is 0. The van der Waals surface area contributed by atoms with Crippen LogP contribution < -0.4 is 0 Å². The predicted octanol–water partition coefficient (Wildman–Crippen LogP) is 5.35. The van der Waals surface area contributed by atoms with Crippen LogP contribution in [0.2, 0.25) is 0 Å². The number of hydrogen-bond acceptors (Lipinski definition) is 3. The average molecular weight is 317 g/mol. The van der Waals surface area contributed by atoms with E-state index in [1.807, 2.05) is 20.6 Å². The standard InChI is InChI=1S/C9H12.C4H10O.C2H4O.C2H6.CH2O.CH4.H2/c1-2-6-9-7-4-3-5-8-9;1-2-3-4-5;1-2-3;2*1-2;;/h3-5,7-8H,2,6H2,1H3;5H,2-4H2,1H3;2H,1H3;1-2H3;1H2;1H4;1H. The molecule has 0 fully saturated rings. The van der Waals surface area contributed by atoms with Gasteiger partial charge in [-0.1, -0.05) is 78.3 Å². The van der Waals surface area contributed by atoms with Gasteiger partial charge in [-0.15, -0.1) is 0 Å². The minimum Gasteiger partial charge on any atom is -0.396 e. The molecule has 134 valence electrons. The quantitative estimate of drug-likeness (QED) is 0.762. The first kappa shape index (κ1) is 32.5. The molecule has 3 heteroatoms. The van der Waals surface area contributed by atoms with Crippen molar-refractivity contribution in [1.29, 1.82) is 0 Å². The Morgan fingerprint density at radius 3 is 1.73 bits per heavy atom. The fourth-order valence-corrected chi connectivity index (χ4v) is 1.09. The van der Waals surface area contributed by atoms with Crippen molar-refractivity contribution in [3.63, 3.8) is 0 Å². The van der Waals surface area contributed by atoms with E-state index in [1.165, 1.54) is 25.3 Å². The van der Waals surface area contributed by atoms with Crippen molar-refractivity contribution in [2.45, 2.75) is 67.7 Å². The number of rotatable bonds is 4. The largest absolute Gasteiger partial charge is 0.396 e. The van der Waals surface area contributed by atoms with Crippen molar-refractivity contribution < 1.29 is 16.1 Å². The molecule has 0 radical (unpaired) electrons. The number of carbonyl (C=O) groups excluding carboxylic acids is 2. The van der Waals surface area contributed by atoms with Gasteiger partial charge in [0.25, 0.3) is 0 Å². The lowest BCUT2D eigenvalue weighted by molar-refractivity contribution is -0.106. The van der Waals surface area contributed by atoms with Gasteiger partial charge < -0.3 is 14.7 Å². The number of aliphatic hydroxyl groups is 1. The van der Waals surface area contributed by atoms with Crippen molar-refractivity contribution in [3.05, 3.63) is 35.9 Å². The summed E-state index contributed by atoms with van der Waals surface area (Å²) in [4.78, 5) is 16.8. The van der Waals surface area contributed by atoms with E-state index in [-0.39, 0.29) is 8.85 Å². The Kier molecular flexibility index (Phi) is 63.0. The number of benzene rings is 1. The highest BCUT2D eigenvalue weighted by Gasteiger charge is 1.84. The van der Waals surface area contributed by atoms with Crippen molar-refractivity contribution in [3.8, 4) is 0 Å². The molecule has 0 saturated heterocycles. The predicted molar refractivity (Wildman–Crippen MR) is 101 cm³/mol. The highest BCUT2D eigenvalue weighted by Crippen LogP contribution is 2.00. The van der Waals surface area contributed by atoms with E-state index < -0.39 is 0 Å². The molecule has 1 N–H and O–H groups in total. The van der Waals surface area contributed by atoms with Gasteiger partial charge in [0, 0.05) is 8.03 Å². The third-order valence-corrected chi connectivity index (χ3v) is 1.89. The zero-order chi connectivity index (χ0) is 17.4. The molecule has 0 aliphatic rings. The van der Waals surface area contributed by atoms with E-state index >= 15 is 0 Å². The Hall–Kier alpha value is -1.48. The van der Waals surface area contributed by atoms with Crippen LogP contribution in [0.3, 0.4) is 0 Å². The zero-order valence-electron chi connectivity index (χ0n) is 14.5. The molecule has 22 heavy (non-hydrogen) atoms. The molecule has 1 aromatic carbocycles. The maximum Gasteiger partial charge on any atom is 0.116 e. The van der Waals surface area contributed by atoms with Gasteiger partial charge in [0.05, 0.1) is 0 Å². The lowest BCUT2D eigenvalue weighted by Gasteiger charge is -1.93. The average Bonchev–Trinajstić information content (AvgIpc) is 2.55. The summed E-state index contributed by atoms with van der Waals surface area (Å²) in [5.41, 5.74) is 1.44. The van der Waals surface area contributed by atoms with Crippen LogP contribution in [0.1, 0.15) is 68.3 Å². The molecule has 1 rings (SSSR count). The SMILES string of the molecule is C.C=O.CC.CC=O.CCCCO.CCCc1ccccc1.[HH]. The third-order valence-electron chi connectivity index (χ3n) is 1.89. The highest BCUT2D eigenvalue weighted by atomic mass is 16.2. The molecule has 0 unspecified atom stereocenters. The second kappa shape index (κ2) is 42.7. The Labute approximate surface area is 140 Å². The van der Waals surface area contributed by atoms with Crippen LogP contribution in [0, 0.1) is 0 Å². The number of hydrogen-bond donors (Lipinski definition) is 1. The molecular formula is C19H40O3. The summed E-state index contributed by atoms with van der Waals surface area (Å²) in [6.45, 7) is 12.0. The summed E-state index contributed by atoms with van der Waals surface area (Å²) in [6.07, 6.45) is 5.24. The molecule has 0 aromatic heterocycles. The maximum atomic E-state index is 8.81. The smallest absolute Gasteiger partial charge is 0.116 e. The van der Waals surface area contributed by atoms with Gasteiger partial charge in [-0.05, 0) is 25.3 Å². The van der Waals surface area contributed by atoms with Gasteiger partial charge in [0.2, 0.25) is 0 Å². The summed E-state index contributed by atoms with van der Waals surface area (Å²) in [5, 5.41) is 8.07. The molecule has 0 amide bonds. The number of carbonyl (C=O) groups is 2. The van der Waals surface area contributed by atoms with Crippen molar-refractivity contribution in [2.75, 3.05) is 6.61 Å². The summed E-state index contributed by atoms with van der Waals surface area (Å²) in [5.74, 6) is 0. The summed E-state index contributed by atoms with van der Waals surface area (Å²) >= 11 is 0. The normalized spacial score (nSPS) is 6.82. The maximum absolute atomic E-state index is 8.81. The molecule has 0 atom stereocenters. The van der Waals surface area contributed by atoms with Crippen LogP contribution in [0.4, 0.5) is 0 Å². The second-order valence-electron chi connectivity index (χ2n) is 3.55. The lowest BCUT2D eigenvalue weighted by atomic mass is 10.1. The Bertz CT molecular complexity index is 252. The fourth-order valence-electron chi connectivity index (χ4n) is 1.09. The first-order valence-corrected chi connectivity index (χ1v) is 7.60. The van der Waals surface area contributed by atoms with Crippen LogP contribution in [-0.4, -0.2) is 24.8 Å². The van der Waals surface area contributed by atoms with Gasteiger partial charge in [0.15, 0.2) is 0 Å². The summed E-state index contributed by atoms with van der Waals surface area (Å²) in [6, 6.07) is 10.6. The Balaban J connectivity index is -0.0000000451. The van der Waals surface area contributed by atoms with Crippen LogP contribution in [-0.2, 0) is 16.0 Å². The van der Waals surface area contributed by atoms with Crippen molar-refractivity contribution in [1.82, 2.24) is 0 Å². The van der Waals surface area contributed by atoms with Crippen molar-refractivity contribution in [2.24, 2.45) is 0 Å². The second-order valence-corrected chi connectivity index (χ2v) is 3.55. The number of aldehydes is 1. The number of aliphatic hydroxyl groups excluding tert-OH is 1. The molecule has 0 aliphatic carbocycles. The molecule has 0 heterocycles. The van der Waals surface area contributed by atoms with E-state index in [0.717, 1.165) is 19.1 Å². The number of unbranched alkanes of at least 4 members (excludes halogenated alkanes) is 1.